The van der Waals surface area contributed by atoms with E-state index in [0.717, 1.165) is 5.57 Å². The third kappa shape index (κ3) is 4.14. The van der Waals surface area contributed by atoms with Crippen LogP contribution < -0.4 is 0 Å². The van der Waals surface area contributed by atoms with Crippen molar-refractivity contribution in [3.63, 3.8) is 0 Å². The Kier molecular flexibility index (Phi) is 6.78. The van der Waals surface area contributed by atoms with Crippen LogP contribution >= 0.6 is 0 Å². The van der Waals surface area contributed by atoms with E-state index in [4.69, 9.17) is 9.47 Å². The van der Waals surface area contributed by atoms with Crippen LogP contribution in [0.3, 0.4) is 0 Å². The highest BCUT2D eigenvalue weighted by molar-refractivity contribution is 5.20. The van der Waals surface area contributed by atoms with Gasteiger partial charge in [-0.05, 0) is 38.5 Å². The molecule has 0 radical (unpaired) electrons. The lowest BCUT2D eigenvalue weighted by molar-refractivity contribution is -0.328. The molecule has 0 bridgehead atoms. The van der Waals surface area contributed by atoms with E-state index in [1.807, 2.05) is 13.8 Å². The van der Waals surface area contributed by atoms with Gasteiger partial charge in [-0.2, -0.15) is 0 Å². The zero-order valence-corrected chi connectivity index (χ0v) is 17.4. The molecule has 10 atom stereocenters. The SMILES string of the molecule is CC(CO)C1=CC[C@@]2(C)C(C1)[C@](C)(O)CC[C@@H]2O[C@@H]1O[C@H](CO)[C@@H](O)[C@H](O)[C@H]1O. The number of rotatable bonds is 5. The largest absolute Gasteiger partial charge is 0.396 e. The first-order chi connectivity index (χ1) is 13.5. The van der Waals surface area contributed by atoms with Crippen LogP contribution in [0.25, 0.3) is 0 Å². The molecule has 29 heavy (non-hydrogen) atoms. The number of aliphatic hydroxyl groups is 6. The third-order valence-electron chi connectivity index (χ3n) is 7.49. The van der Waals surface area contributed by atoms with Gasteiger partial charge in [0.1, 0.15) is 24.4 Å². The fraction of sp³-hybridized carbons (Fsp3) is 0.905. The molecule has 0 spiro atoms. The molecule has 3 rings (SSSR count). The Balaban J connectivity index is 1.82. The van der Waals surface area contributed by atoms with E-state index in [1.54, 1.807) is 0 Å². The average molecular weight is 417 g/mol. The summed E-state index contributed by atoms with van der Waals surface area (Å²) >= 11 is 0. The first kappa shape index (κ1) is 23.1. The van der Waals surface area contributed by atoms with Crippen LogP contribution in [0.1, 0.15) is 46.5 Å². The maximum atomic E-state index is 11.1. The van der Waals surface area contributed by atoms with Crippen LogP contribution in [0.5, 0.6) is 0 Å². The van der Waals surface area contributed by atoms with E-state index in [0.29, 0.717) is 25.7 Å². The van der Waals surface area contributed by atoms with E-state index in [-0.39, 0.29) is 24.5 Å². The number of hydrogen-bond acceptors (Lipinski definition) is 8. The van der Waals surface area contributed by atoms with E-state index in [9.17, 15) is 30.6 Å². The summed E-state index contributed by atoms with van der Waals surface area (Å²) in [5.74, 6) is -0.0743. The maximum Gasteiger partial charge on any atom is 0.186 e. The molecule has 1 saturated carbocycles. The van der Waals surface area contributed by atoms with Crippen molar-refractivity contribution in [2.75, 3.05) is 13.2 Å². The van der Waals surface area contributed by atoms with Gasteiger partial charge in [0, 0.05) is 17.9 Å². The molecule has 1 saturated heterocycles. The molecule has 0 aromatic rings. The number of hydrogen-bond donors (Lipinski definition) is 6. The normalized spacial score (nSPS) is 49.3. The smallest absolute Gasteiger partial charge is 0.186 e. The van der Waals surface area contributed by atoms with Gasteiger partial charge in [-0.25, -0.2) is 0 Å². The first-order valence-electron chi connectivity index (χ1n) is 10.5. The van der Waals surface area contributed by atoms with Crippen molar-refractivity contribution in [3.05, 3.63) is 11.6 Å². The highest BCUT2D eigenvalue weighted by atomic mass is 16.7. The van der Waals surface area contributed by atoms with Gasteiger partial charge in [-0.15, -0.1) is 0 Å². The molecule has 2 fully saturated rings. The quantitative estimate of drug-likeness (QED) is 0.335. The van der Waals surface area contributed by atoms with Crippen molar-refractivity contribution < 1.29 is 40.1 Å². The fourth-order valence-corrected chi connectivity index (χ4v) is 5.34. The Morgan fingerprint density at radius 2 is 1.86 bits per heavy atom. The minimum Gasteiger partial charge on any atom is -0.396 e. The van der Waals surface area contributed by atoms with Crippen molar-refractivity contribution in [3.8, 4) is 0 Å². The van der Waals surface area contributed by atoms with Gasteiger partial charge in [-0.3, -0.25) is 0 Å². The van der Waals surface area contributed by atoms with Crippen molar-refractivity contribution in [1.82, 2.24) is 0 Å². The minimum atomic E-state index is -1.48. The number of allylic oxidation sites excluding steroid dienone is 1. The maximum absolute atomic E-state index is 11.1. The summed E-state index contributed by atoms with van der Waals surface area (Å²) in [5.41, 5.74) is -0.193. The van der Waals surface area contributed by atoms with Gasteiger partial charge in [0.15, 0.2) is 6.29 Å². The number of fused-ring (bicyclic) bond motifs is 1. The van der Waals surface area contributed by atoms with Crippen LogP contribution in [-0.2, 0) is 9.47 Å². The summed E-state index contributed by atoms with van der Waals surface area (Å²) in [6.45, 7) is 5.41. The van der Waals surface area contributed by atoms with E-state index in [2.05, 4.69) is 13.0 Å². The van der Waals surface area contributed by atoms with Crippen LogP contribution in [0.2, 0.25) is 0 Å². The summed E-state index contributed by atoms with van der Waals surface area (Å²) in [7, 11) is 0. The summed E-state index contributed by atoms with van der Waals surface area (Å²) in [4.78, 5) is 0. The zero-order valence-electron chi connectivity index (χ0n) is 17.4. The van der Waals surface area contributed by atoms with Crippen molar-refractivity contribution >= 4 is 0 Å². The van der Waals surface area contributed by atoms with Crippen LogP contribution in [0.4, 0.5) is 0 Å². The second-order valence-electron chi connectivity index (χ2n) is 9.55. The standard InChI is InChI=1S/C21H36O8/c1-11(9-22)12-4-6-20(2)14(8-12)21(3,27)7-5-15(20)29-19-18(26)17(25)16(24)13(10-23)28-19/h4,11,13-19,22-27H,5-10H2,1-3H3/t11?,13-,14?,15+,16-,17+,18-,19+,20+,21-/m1/s1. The summed E-state index contributed by atoms with van der Waals surface area (Å²) < 4.78 is 11.7. The van der Waals surface area contributed by atoms with Gasteiger partial charge in [0.25, 0.3) is 0 Å². The monoisotopic (exact) mass is 416 g/mol. The van der Waals surface area contributed by atoms with E-state index < -0.39 is 48.3 Å². The van der Waals surface area contributed by atoms with E-state index >= 15 is 0 Å². The van der Waals surface area contributed by atoms with Crippen LogP contribution in [0.15, 0.2) is 11.6 Å². The van der Waals surface area contributed by atoms with Gasteiger partial charge in [0.05, 0.1) is 18.3 Å². The lowest BCUT2D eigenvalue weighted by Crippen LogP contribution is -2.62. The molecule has 0 aromatic heterocycles. The molecular formula is C21H36O8. The molecule has 3 aliphatic rings. The van der Waals surface area contributed by atoms with Gasteiger partial charge < -0.3 is 40.1 Å². The van der Waals surface area contributed by atoms with Crippen molar-refractivity contribution in [2.45, 2.75) is 88.9 Å². The number of ether oxygens (including phenoxy) is 2. The second kappa shape index (κ2) is 8.51. The molecule has 8 heteroatoms. The summed E-state index contributed by atoms with van der Waals surface area (Å²) in [6.07, 6.45) is -2.43. The van der Waals surface area contributed by atoms with Crippen LogP contribution in [-0.4, -0.2) is 86.3 Å². The Labute approximate surface area is 171 Å². The molecule has 2 aliphatic carbocycles. The molecule has 8 nitrogen and oxygen atoms in total. The zero-order chi connectivity index (χ0) is 21.6. The molecule has 0 amide bonds. The highest BCUT2D eigenvalue weighted by Gasteiger charge is 2.56. The third-order valence-corrected chi connectivity index (χ3v) is 7.49. The van der Waals surface area contributed by atoms with Gasteiger partial charge in [-0.1, -0.05) is 25.5 Å². The van der Waals surface area contributed by atoms with Gasteiger partial charge >= 0.3 is 0 Å². The predicted octanol–water partition coefficient (Wildman–Crippen LogP) is -0.313. The van der Waals surface area contributed by atoms with Gasteiger partial charge in [0.2, 0.25) is 0 Å². The Morgan fingerprint density at radius 1 is 1.17 bits per heavy atom. The minimum absolute atomic E-state index is 0.0297. The van der Waals surface area contributed by atoms with Crippen molar-refractivity contribution in [2.24, 2.45) is 17.3 Å². The molecule has 2 unspecified atom stereocenters. The highest BCUT2D eigenvalue weighted by Crippen LogP contribution is 2.55. The topological polar surface area (TPSA) is 140 Å². The van der Waals surface area contributed by atoms with Crippen molar-refractivity contribution in [1.29, 1.82) is 0 Å². The lowest BCUT2D eigenvalue weighted by Gasteiger charge is -2.56. The molecule has 6 N–H and O–H groups in total. The molecule has 1 heterocycles. The molecule has 1 aliphatic heterocycles. The summed E-state index contributed by atoms with van der Waals surface area (Å²) in [5, 5.41) is 60.4. The second-order valence-corrected chi connectivity index (χ2v) is 9.55. The fourth-order valence-electron chi connectivity index (χ4n) is 5.34. The van der Waals surface area contributed by atoms with Crippen LogP contribution in [0, 0.1) is 17.3 Å². The molecular weight excluding hydrogens is 380 g/mol. The lowest BCUT2D eigenvalue weighted by atomic mass is 9.54. The van der Waals surface area contributed by atoms with E-state index in [1.165, 1.54) is 0 Å². The number of aliphatic hydroxyl groups excluding tert-OH is 5. The molecule has 168 valence electrons. The Hall–Kier alpha value is -0.580. The molecule has 0 aromatic carbocycles. The Morgan fingerprint density at radius 3 is 2.48 bits per heavy atom. The summed E-state index contributed by atoms with van der Waals surface area (Å²) in [6, 6.07) is 0. The Bertz CT molecular complexity index is 605. The predicted molar refractivity (Wildman–Crippen MR) is 104 cm³/mol. The average Bonchev–Trinajstić information content (AvgIpc) is 2.69. The first-order valence-corrected chi connectivity index (χ1v) is 10.5.